The average molecular weight is 424 g/mol. The SMILES string of the molecule is CC(C)(C)NC(=O)OC1(c2ccc(C(=O)Cc3ccccc3)cc2)CC2(C1)OCCO2. The van der Waals surface area contributed by atoms with Crippen LogP contribution in [0.15, 0.2) is 54.6 Å². The maximum Gasteiger partial charge on any atom is 0.408 e. The third-order valence-corrected chi connectivity index (χ3v) is 5.63. The van der Waals surface area contributed by atoms with Gasteiger partial charge in [-0.15, -0.1) is 0 Å². The summed E-state index contributed by atoms with van der Waals surface area (Å²) in [5, 5.41) is 2.85. The van der Waals surface area contributed by atoms with Crippen LogP contribution in [0.3, 0.4) is 0 Å². The fourth-order valence-corrected chi connectivity index (χ4v) is 4.21. The van der Waals surface area contributed by atoms with E-state index in [0.29, 0.717) is 38.0 Å². The Morgan fingerprint density at radius 1 is 0.968 bits per heavy atom. The number of nitrogens with one attached hydrogen (secondary N) is 1. The second kappa shape index (κ2) is 8.09. The molecule has 4 rings (SSSR count). The highest BCUT2D eigenvalue weighted by Gasteiger charge is 2.62. The first-order chi connectivity index (χ1) is 14.7. The van der Waals surface area contributed by atoms with Gasteiger partial charge in [-0.3, -0.25) is 4.79 Å². The van der Waals surface area contributed by atoms with Gasteiger partial charge in [-0.25, -0.2) is 4.79 Å². The molecule has 6 heteroatoms. The predicted molar refractivity (Wildman–Crippen MR) is 116 cm³/mol. The summed E-state index contributed by atoms with van der Waals surface area (Å²) in [5.41, 5.74) is 1.18. The van der Waals surface area contributed by atoms with Crippen molar-refractivity contribution in [3.8, 4) is 0 Å². The molecule has 2 aromatic rings. The smallest absolute Gasteiger partial charge is 0.408 e. The van der Waals surface area contributed by atoms with E-state index in [4.69, 9.17) is 14.2 Å². The molecular formula is C25H29NO5. The van der Waals surface area contributed by atoms with Gasteiger partial charge in [0.25, 0.3) is 0 Å². The summed E-state index contributed by atoms with van der Waals surface area (Å²) in [6.07, 6.45) is 0.717. The number of hydrogen-bond acceptors (Lipinski definition) is 5. The summed E-state index contributed by atoms with van der Waals surface area (Å²) in [7, 11) is 0. The molecule has 2 aliphatic rings. The highest BCUT2D eigenvalue weighted by molar-refractivity contribution is 5.97. The van der Waals surface area contributed by atoms with Crippen molar-refractivity contribution in [2.75, 3.05) is 13.2 Å². The van der Waals surface area contributed by atoms with Crippen molar-refractivity contribution in [1.82, 2.24) is 5.32 Å². The molecule has 1 aliphatic carbocycles. The summed E-state index contributed by atoms with van der Waals surface area (Å²) < 4.78 is 17.5. The number of benzene rings is 2. The number of Topliss-reactive ketones (excluding diaryl/α,β-unsaturated/α-hetero) is 1. The highest BCUT2D eigenvalue weighted by atomic mass is 16.7. The number of carbonyl (C=O) groups is 2. The molecule has 0 unspecified atom stereocenters. The second-order valence-corrected chi connectivity index (χ2v) is 9.38. The Hall–Kier alpha value is -2.70. The number of amides is 1. The fraction of sp³-hybridized carbons (Fsp3) is 0.440. The molecule has 1 spiro atoms. The molecule has 0 radical (unpaired) electrons. The maximum absolute atomic E-state index is 12.7. The molecule has 1 amide bonds. The molecule has 31 heavy (non-hydrogen) atoms. The van der Waals surface area contributed by atoms with E-state index >= 15 is 0 Å². The van der Waals surface area contributed by atoms with E-state index in [0.717, 1.165) is 11.1 Å². The van der Waals surface area contributed by atoms with Gasteiger partial charge in [0.2, 0.25) is 0 Å². The molecule has 1 saturated carbocycles. The lowest BCUT2D eigenvalue weighted by Crippen LogP contribution is -2.59. The molecule has 1 saturated heterocycles. The van der Waals surface area contributed by atoms with Crippen LogP contribution in [-0.4, -0.2) is 36.4 Å². The zero-order chi connectivity index (χ0) is 22.1. The zero-order valence-corrected chi connectivity index (χ0v) is 18.3. The van der Waals surface area contributed by atoms with Crippen LogP contribution in [0.2, 0.25) is 0 Å². The Morgan fingerprint density at radius 2 is 1.58 bits per heavy atom. The van der Waals surface area contributed by atoms with E-state index in [2.05, 4.69) is 5.32 Å². The van der Waals surface area contributed by atoms with Gasteiger partial charge < -0.3 is 19.5 Å². The first kappa shape index (κ1) is 21.5. The molecule has 1 N–H and O–H groups in total. The second-order valence-electron chi connectivity index (χ2n) is 9.38. The third kappa shape index (κ3) is 4.81. The largest absolute Gasteiger partial charge is 0.438 e. The lowest BCUT2D eigenvalue weighted by atomic mass is 9.69. The molecule has 6 nitrogen and oxygen atoms in total. The summed E-state index contributed by atoms with van der Waals surface area (Å²) in [4.78, 5) is 25.2. The van der Waals surface area contributed by atoms with Gasteiger partial charge >= 0.3 is 6.09 Å². The summed E-state index contributed by atoms with van der Waals surface area (Å²) >= 11 is 0. The lowest BCUT2D eigenvalue weighted by molar-refractivity contribution is -0.287. The van der Waals surface area contributed by atoms with E-state index in [1.165, 1.54) is 0 Å². The number of carbonyl (C=O) groups excluding carboxylic acids is 2. The van der Waals surface area contributed by atoms with Crippen LogP contribution in [0.5, 0.6) is 0 Å². The Bertz CT molecular complexity index is 932. The number of ketones is 1. The molecule has 2 fully saturated rings. The van der Waals surface area contributed by atoms with Gasteiger partial charge in [0.1, 0.15) is 5.60 Å². The highest BCUT2D eigenvalue weighted by Crippen LogP contribution is 2.55. The van der Waals surface area contributed by atoms with Crippen LogP contribution in [0, 0.1) is 0 Å². The van der Waals surface area contributed by atoms with Crippen LogP contribution in [0.1, 0.15) is 55.1 Å². The lowest BCUT2D eigenvalue weighted by Gasteiger charge is -2.51. The van der Waals surface area contributed by atoms with Crippen LogP contribution in [-0.2, 0) is 26.2 Å². The molecule has 1 aliphatic heterocycles. The van der Waals surface area contributed by atoms with Gasteiger partial charge in [-0.05, 0) is 31.9 Å². The van der Waals surface area contributed by atoms with Crippen LogP contribution in [0.25, 0.3) is 0 Å². The van der Waals surface area contributed by atoms with Crippen molar-refractivity contribution in [3.63, 3.8) is 0 Å². The van der Waals surface area contributed by atoms with E-state index in [1.807, 2.05) is 63.2 Å². The monoisotopic (exact) mass is 423 g/mol. The predicted octanol–water partition coefficient (Wildman–Crippen LogP) is 4.37. The molecule has 0 atom stereocenters. The zero-order valence-electron chi connectivity index (χ0n) is 18.3. The first-order valence-corrected chi connectivity index (χ1v) is 10.7. The standard InChI is InChI=1S/C25H29NO5/c1-23(2,3)26-22(28)31-24(16-25(17-24)29-13-14-30-25)20-11-9-19(10-12-20)21(27)15-18-7-5-4-6-8-18/h4-12H,13-17H2,1-3H3,(H,26,28). The van der Waals surface area contributed by atoms with Crippen LogP contribution >= 0.6 is 0 Å². The molecule has 2 aromatic carbocycles. The van der Waals surface area contributed by atoms with Gasteiger partial charge in [0.15, 0.2) is 11.6 Å². The summed E-state index contributed by atoms with van der Waals surface area (Å²) in [6, 6.07) is 17.0. The topological polar surface area (TPSA) is 73.9 Å². The number of alkyl carbamates (subject to hydrolysis) is 1. The maximum atomic E-state index is 12.7. The van der Waals surface area contributed by atoms with E-state index in [9.17, 15) is 9.59 Å². The molecular weight excluding hydrogens is 394 g/mol. The minimum atomic E-state index is -0.847. The van der Waals surface area contributed by atoms with Crippen molar-refractivity contribution in [2.24, 2.45) is 0 Å². The number of rotatable bonds is 5. The van der Waals surface area contributed by atoms with Crippen LogP contribution in [0.4, 0.5) is 4.79 Å². The quantitative estimate of drug-likeness (QED) is 0.723. The Labute approximate surface area is 182 Å². The molecule has 164 valence electrons. The van der Waals surface area contributed by atoms with E-state index < -0.39 is 23.0 Å². The summed E-state index contributed by atoms with van der Waals surface area (Å²) in [6.45, 7) is 6.78. The Morgan fingerprint density at radius 3 is 2.16 bits per heavy atom. The minimum absolute atomic E-state index is 0.0470. The molecule has 1 heterocycles. The Balaban J connectivity index is 1.51. The van der Waals surface area contributed by atoms with Crippen molar-refractivity contribution in [1.29, 1.82) is 0 Å². The van der Waals surface area contributed by atoms with Crippen molar-refractivity contribution >= 4 is 11.9 Å². The average Bonchev–Trinajstić information content (AvgIpc) is 3.16. The van der Waals surface area contributed by atoms with Crippen LogP contribution < -0.4 is 5.32 Å². The molecule has 0 bridgehead atoms. The fourth-order valence-electron chi connectivity index (χ4n) is 4.21. The normalized spacial score (nSPS) is 18.9. The van der Waals surface area contributed by atoms with E-state index in [-0.39, 0.29) is 5.78 Å². The van der Waals surface area contributed by atoms with Gasteiger partial charge in [-0.2, -0.15) is 0 Å². The van der Waals surface area contributed by atoms with Gasteiger partial charge in [0.05, 0.1) is 13.2 Å². The minimum Gasteiger partial charge on any atom is -0.438 e. The van der Waals surface area contributed by atoms with Crippen molar-refractivity contribution in [3.05, 3.63) is 71.3 Å². The van der Waals surface area contributed by atoms with E-state index in [1.54, 1.807) is 12.1 Å². The first-order valence-electron chi connectivity index (χ1n) is 10.7. The summed E-state index contributed by atoms with van der Waals surface area (Å²) in [5.74, 6) is -0.644. The number of hydrogen-bond donors (Lipinski definition) is 1. The van der Waals surface area contributed by atoms with Crippen molar-refractivity contribution < 1.29 is 23.8 Å². The Kier molecular flexibility index (Phi) is 5.62. The van der Waals surface area contributed by atoms with Gasteiger partial charge in [0, 0.05) is 30.4 Å². The molecule has 0 aromatic heterocycles. The third-order valence-electron chi connectivity index (χ3n) is 5.63. The van der Waals surface area contributed by atoms with Crippen molar-refractivity contribution in [2.45, 2.75) is 57.0 Å². The van der Waals surface area contributed by atoms with Gasteiger partial charge in [-0.1, -0.05) is 54.6 Å². The number of ether oxygens (including phenoxy) is 3.